The van der Waals surface area contributed by atoms with Crippen molar-refractivity contribution in [1.29, 1.82) is 0 Å². The van der Waals surface area contributed by atoms with Crippen molar-refractivity contribution in [3.8, 4) is 0 Å². The van der Waals surface area contributed by atoms with Gasteiger partial charge in [-0.2, -0.15) is 13.2 Å². The molecule has 0 aromatic rings. The van der Waals surface area contributed by atoms with Gasteiger partial charge in [0.2, 0.25) is 5.91 Å². The van der Waals surface area contributed by atoms with Crippen molar-refractivity contribution >= 4 is 11.9 Å². The highest BCUT2D eigenvalue weighted by Crippen LogP contribution is 2.20. The van der Waals surface area contributed by atoms with Gasteiger partial charge >= 0.3 is 12.1 Å². The summed E-state index contributed by atoms with van der Waals surface area (Å²) in [6, 6.07) is 0. The molecule has 0 atom stereocenters. The van der Waals surface area contributed by atoms with Crippen LogP contribution < -0.4 is 0 Å². The maximum Gasteiger partial charge on any atom is 0.397 e. The Morgan fingerprint density at radius 2 is 1.88 bits per heavy atom. The Bertz CT molecular complexity index is 253. The minimum Gasteiger partial charge on any atom is -0.466 e. The average molecular weight is 241 g/mol. The molecule has 4 nitrogen and oxygen atoms in total. The summed E-state index contributed by atoms with van der Waals surface area (Å²) in [6.07, 6.45) is -6.13. The summed E-state index contributed by atoms with van der Waals surface area (Å²) in [4.78, 5) is 22.7. The summed E-state index contributed by atoms with van der Waals surface area (Å²) in [5.41, 5.74) is 0. The largest absolute Gasteiger partial charge is 0.466 e. The van der Waals surface area contributed by atoms with E-state index in [1.165, 1.54) is 7.05 Å². The van der Waals surface area contributed by atoms with E-state index >= 15 is 0 Å². The predicted molar refractivity (Wildman–Crippen MR) is 49.6 cm³/mol. The van der Waals surface area contributed by atoms with E-state index in [1.54, 1.807) is 6.92 Å². The van der Waals surface area contributed by atoms with Gasteiger partial charge in [-0.25, -0.2) is 0 Å². The molecule has 0 unspecified atom stereocenters. The predicted octanol–water partition coefficient (Wildman–Crippen LogP) is 1.35. The topological polar surface area (TPSA) is 46.6 Å². The summed E-state index contributed by atoms with van der Waals surface area (Å²) >= 11 is 0. The lowest BCUT2D eigenvalue weighted by Gasteiger charge is -2.17. The molecule has 0 rings (SSSR count). The van der Waals surface area contributed by atoms with Gasteiger partial charge in [0.25, 0.3) is 0 Å². The van der Waals surface area contributed by atoms with Crippen LogP contribution in [0.25, 0.3) is 0 Å². The maximum atomic E-state index is 11.8. The van der Waals surface area contributed by atoms with Crippen LogP contribution >= 0.6 is 0 Å². The lowest BCUT2D eigenvalue weighted by molar-refractivity contribution is -0.160. The standard InChI is InChI=1S/C9H14F3NO3/c1-3-16-8(15)4-5-13(2)7(14)6-9(10,11)12/h3-6H2,1-2H3. The molecule has 0 aliphatic heterocycles. The summed E-state index contributed by atoms with van der Waals surface area (Å²) in [7, 11) is 1.22. The summed E-state index contributed by atoms with van der Waals surface area (Å²) in [5, 5.41) is 0. The third kappa shape index (κ3) is 7.08. The minimum absolute atomic E-state index is 0.0756. The Morgan fingerprint density at radius 3 is 2.31 bits per heavy atom. The second-order valence-corrected chi connectivity index (χ2v) is 3.16. The lowest BCUT2D eigenvalue weighted by Crippen LogP contribution is -2.32. The maximum absolute atomic E-state index is 11.8. The first-order valence-corrected chi connectivity index (χ1v) is 4.72. The monoisotopic (exact) mass is 241 g/mol. The van der Waals surface area contributed by atoms with Crippen molar-refractivity contribution in [2.45, 2.75) is 25.9 Å². The van der Waals surface area contributed by atoms with Crippen LogP contribution in [-0.2, 0) is 14.3 Å². The molecule has 0 heterocycles. The number of hydrogen-bond acceptors (Lipinski definition) is 3. The fraction of sp³-hybridized carbons (Fsp3) is 0.778. The van der Waals surface area contributed by atoms with Crippen LogP contribution in [0.4, 0.5) is 13.2 Å². The Labute approximate surface area is 91.4 Å². The van der Waals surface area contributed by atoms with Gasteiger partial charge in [-0.3, -0.25) is 9.59 Å². The molecule has 0 bridgehead atoms. The molecule has 0 N–H and O–H groups in total. The fourth-order valence-electron chi connectivity index (χ4n) is 0.923. The van der Waals surface area contributed by atoms with Gasteiger partial charge in [0.05, 0.1) is 13.0 Å². The number of alkyl halides is 3. The Balaban J connectivity index is 3.93. The van der Waals surface area contributed by atoms with Crippen LogP contribution in [0.5, 0.6) is 0 Å². The molecule has 0 aromatic carbocycles. The third-order valence-corrected chi connectivity index (χ3v) is 1.73. The minimum atomic E-state index is -4.52. The van der Waals surface area contributed by atoms with Crippen LogP contribution in [0.15, 0.2) is 0 Å². The van der Waals surface area contributed by atoms with E-state index in [-0.39, 0.29) is 19.6 Å². The van der Waals surface area contributed by atoms with E-state index in [4.69, 9.17) is 0 Å². The smallest absolute Gasteiger partial charge is 0.397 e. The van der Waals surface area contributed by atoms with Gasteiger partial charge in [0.1, 0.15) is 6.42 Å². The van der Waals surface area contributed by atoms with Gasteiger partial charge in [-0.15, -0.1) is 0 Å². The molecular formula is C9H14F3NO3. The number of amides is 1. The summed E-state index contributed by atoms with van der Waals surface area (Å²) < 4.78 is 40.1. The molecule has 7 heteroatoms. The molecule has 94 valence electrons. The van der Waals surface area contributed by atoms with Crippen molar-refractivity contribution in [2.24, 2.45) is 0 Å². The van der Waals surface area contributed by atoms with Gasteiger partial charge < -0.3 is 9.64 Å². The van der Waals surface area contributed by atoms with Crippen molar-refractivity contribution < 1.29 is 27.5 Å². The van der Waals surface area contributed by atoms with E-state index < -0.39 is 24.5 Å². The lowest BCUT2D eigenvalue weighted by atomic mass is 10.3. The molecule has 16 heavy (non-hydrogen) atoms. The normalized spacial score (nSPS) is 11.1. The van der Waals surface area contributed by atoms with Crippen LogP contribution in [0.1, 0.15) is 19.8 Å². The summed E-state index contributed by atoms with van der Waals surface area (Å²) in [6.45, 7) is 1.75. The second-order valence-electron chi connectivity index (χ2n) is 3.16. The number of rotatable bonds is 5. The number of nitrogens with zero attached hydrogens (tertiary/aromatic N) is 1. The highest BCUT2D eigenvalue weighted by Gasteiger charge is 2.32. The van der Waals surface area contributed by atoms with E-state index in [9.17, 15) is 22.8 Å². The molecule has 1 amide bonds. The zero-order valence-corrected chi connectivity index (χ0v) is 9.13. The van der Waals surface area contributed by atoms with Crippen molar-refractivity contribution in [3.63, 3.8) is 0 Å². The first-order valence-electron chi connectivity index (χ1n) is 4.72. The molecule has 0 saturated heterocycles. The van der Waals surface area contributed by atoms with Gasteiger partial charge in [-0.1, -0.05) is 0 Å². The van der Waals surface area contributed by atoms with Gasteiger partial charge in [-0.05, 0) is 6.92 Å². The molecule has 0 aliphatic carbocycles. The van der Waals surface area contributed by atoms with Gasteiger partial charge in [0.15, 0.2) is 0 Å². The molecule has 0 saturated carbocycles. The Kier molecular flexibility index (Phi) is 5.84. The molecule has 0 aromatic heterocycles. The number of hydrogen-bond donors (Lipinski definition) is 0. The quantitative estimate of drug-likeness (QED) is 0.682. The number of ether oxygens (including phenoxy) is 1. The highest BCUT2D eigenvalue weighted by molar-refractivity contribution is 5.77. The van der Waals surface area contributed by atoms with Crippen LogP contribution in [0.3, 0.4) is 0 Å². The highest BCUT2D eigenvalue weighted by atomic mass is 19.4. The Morgan fingerprint density at radius 1 is 1.31 bits per heavy atom. The molecule has 0 spiro atoms. The zero-order chi connectivity index (χ0) is 12.8. The van der Waals surface area contributed by atoms with Crippen molar-refractivity contribution in [3.05, 3.63) is 0 Å². The van der Waals surface area contributed by atoms with Crippen molar-refractivity contribution in [1.82, 2.24) is 4.90 Å². The second kappa shape index (κ2) is 6.34. The molecular weight excluding hydrogens is 227 g/mol. The molecule has 0 aliphatic rings. The van der Waals surface area contributed by atoms with Crippen LogP contribution in [0, 0.1) is 0 Å². The Hall–Kier alpha value is -1.27. The third-order valence-electron chi connectivity index (χ3n) is 1.73. The SMILES string of the molecule is CCOC(=O)CCN(C)C(=O)CC(F)(F)F. The first-order chi connectivity index (χ1) is 7.26. The number of carbonyl (C=O) groups excluding carboxylic acids is 2. The van der Waals surface area contributed by atoms with E-state index in [1.807, 2.05) is 0 Å². The van der Waals surface area contributed by atoms with E-state index in [0.717, 1.165) is 4.90 Å². The van der Waals surface area contributed by atoms with E-state index in [0.29, 0.717) is 0 Å². The number of esters is 1. The van der Waals surface area contributed by atoms with Gasteiger partial charge in [0, 0.05) is 13.6 Å². The first kappa shape index (κ1) is 14.7. The fourth-order valence-corrected chi connectivity index (χ4v) is 0.923. The molecule has 0 fully saturated rings. The summed E-state index contributed by atoms with van der Waals surface area (Å²) in [5.74, 6) is -1.59. The van der Waals surface area contributed by atoms with E-state index in [2.05, 4.69) is 4.74 Å². The van der Waals surface area contributed by atoms with Crippen molar-refractivity contribution in [2.75, 3.05) is 20.2 Å². The molecule has 0 radical (unpaired) electrons. The zero-order valence-electron chi connectivity index (χ0n) is 9.13. The van der Waals surface area contributed by atoms with Crippen LogP contribution in [0.2, 0.25) is 0 Å². The average Bonchev–Trinajstić information content (AvgIpc) is 2.11. The number of halogens is 3. The number of carbonyl (C=O) groups is 2. The van der Waals surface area contributed by atoms with Crippen LogP contribution in [-0.4, -0.2) is 43.2 Å².